The highest BCUT2D eigenvalue weighted by Gasteiger charge is 2.21. The zero-order valence-electron chi connectivity index (χ0n) is 15.7. The largest absolute Gasteiger partial charge is 0.497 e. The molecule has 0 aliphatic carbocycles. The van der Waals surface area contributed by atoms with E-state index < -0.39 is 10.0 Å². The number of hydrogen-bond donors (Lipinski definition) is 1. The van der Waals surface area contributed by atoms with E-state index in [1.54, 1.807) is 51.3 Å². The summed E-state index contributed by atoms with van der Waals surface area (Å²) < 4.78 is 31.6. The summed E-state index contributed by atoms with van der Waals surface area (Å²) in [6.45, 7) is 4.35. The van der Waals surface area contributed by atoms with E-state index in [4.69, 9.17) is 4.74 Å². The molecule has 0 aliphatic rings. The van der Waals surface area contributed by atoms with E-state index in [0.717, 1.165) is 11.3 Å². The molecule has 0 radical (unpaired) electrons. The Morgan fingerprint density at radius 2 is 1.78 bits per heavy atom. The third-order valence-corrected chi connectivity index (χ3v) is 6.03. The van der Waals surface area contributed by atoms with Gasteiger partial charge in [-0.2, -0.15) is 4.31 Å². The zero-order valence-corrected chi connectivity index (χ0v) is 16.5. The molecule has 0 bridgehead atoms. The topological polar surface area (TPSA) is 75.7 Å². The summed E-state index contributed by atoms with van der Waals surface area (Å²) in [4.78, 5) is 12.3. The van der Waals surface area contributed by atoms with Gasteiger partial charge in [-0.3, -0.25) is 4.79 Å². The van der Waals surface area contributed by atoms with Crippen molar-refractivity contribution >= 4 is 27.7 Å². The van der Waals surface area contributed by atoms with E-state index in [9.17, 15) is 13.2 Å². The monoisotopic (exact) mass is 388 g/mol. The van der Waals surface area contributed by atoms with Crippen LogP contribution in [0.25, 0.3) is 6.08 Å². The van der Waals surface area contributed by atoms with Crippen LogP contribution in [0.5, 0.6) is 5.75 Å². The first-order valence-electron chi connectivity index (χ1n) is 8.64. The second-order valence-electron chi connectivity index (χ2n) is 5.71. The molecular weight excluding hydrogens is 364 g/mol. The molecule has 1 amide bonds. The molecular formula is C20H24N2O4S. The molecule has 27 heavy (non-hydrogen) atoms. The number of rotatable bonds is 8. The molecule has 2 rings (SSSR count). The molecule has 0 aromatic heterocycles. The average molecular weight is 388 g/mol. The molecule has 0 spiro atoms. The smallest absolute Gasteiger partial charge is 0.248 e. The van der Waals surface area contributed by atoms with E-state index in [-0.39, 0.29) is 10.8 Å². The minimum absolute atomic E-state index is 0.156. The van der Waals surface area contributed by atoms with Gasteiger partial charge in [0.15, 0.2) is 0 Å². The fourth-order valence-corrected chi connectivity index (χ4v) is 4.02. The van der Waals surface area contributed by atoms with E-state index in [2.05, 4.69) is 5.32 Å². The van der Waals surface area contributed by atoms with E-state index >= 15 is 0 Å². The van der Waals surface area contributed by atoms with Gasteiger partial charge in [0.05, 0.1) is 12.0 Å². The van der Waals surface area contributed by atoms with Gasteiger partial charge in [0.25, 0.3) is 0 Å². The van der Waals surface area contributed by atoms with E-state index in [0.29, 0.717) is 18.8 Å². The minimum Gasteiger partial charge on any atom is -0.497 e. The van der Waals surface area contributed by atoms with Crippen LogP contribution in [0.15, 0.2) is 59.5 Å². The summed E-state index contributed by atoms with van der Waals surface area (Å²) in [6.07, 6.45) is 3.07. The Morgan fingerprint density at radius 3 is 2.37 bits per heavy atom. The van der Waals surface area contributed by atoms with Crippen molar-refractivity contribution in [1.82, 2.24) is 4.31 Å². The maximum absolute atomic E-state index is 12.6. The predicted octanol–water partition coefficient (Wildman–Crippen LogP) is 3.38. The van der Waals surface area contributed by atoms with Crippen LogP contribution in [0.3, 0.4) is 0 Å². The number of benzene rings is 2. The molecule has 1 N–H and O–H groups in total. The molecule has 0 saturated heterocycles. The lowest BCUT2D eigenvalue weighted by atomic mass is 10.2. The Labute approximate surface area is 160 Å². The van der Waals surface area contributed by atoms with Crippen molar-refractivity contribution in [3.8, 4) is 5.75 Å². The minimum atomic E-state index is -3.57. The number of carbonyl (C=O) groups excluding carboxylic acids is 1. The lowest BCUT2D eigenvalue weighted by Gasteiger charge is -2.18. The van der Waals surface area contributed by atoms with Crippen LogP contribution >= 0.6 is 0 Å². The molecule has 144 valence electrons. The molecule has 0 heterocycles. The molecule has 0 fully saturated rings. The van der Waals surface area contributed by atoms with E-state index in [1.165, 1.54) is 22.5 Å². The highest BCUT2D eigenvalue weighted by Crippen LogP contribution is 2.19. The lowest BCUT2D eigenvalue weighted by molar-refractivity contribution is -0.111. The van der Waals surface area contributed by atoms with Gasteiger partial charge in [-0.15, -0.1) is 0 Å². The fourth-order valence-electron chi connectivity index (χ4n) is 2.52. The van der Waals surface area contributed by atoms with Crippen molar-refractivity contribution in [2.45, 2.75) is 18.7 Å². The molecule has 0 saturated carbocycles. The number of anilines is 1. The summed E-state index contributed by atoms with van der Waals surface area (Å²) in [7, 11) is -1.98. The number of ether oxygens (including phenoxy) is 1. The molecule has 2 aromatic rings. The van der Waals surface area contributed by atoms with Crippen molar-refractivity contribution < 1.29 is 17.9 Å². The molecule has 0 atom stereocenters. The summed E-state index contributed by atoms with van der Waals surface area (Å²) in [5.74, 6) is 0.394. The van der Waals surface area contributed by atoms with Gasteiger partial charge >= 0.3 is 0 Å². The van der Waals surface area contributed by atoms with Crippen molar-refractivity contribution in [2.24, 2.45) is 0 Å². The van der Waals surface area contributed by atoms with Gasteiger partial charge in [0.2, 0.25) is 15.9 Å². The maximum atomic E-state index is 12.6. The van der Waals surface area contributed by atoms with E-state index in [1.807, 2.05) is 12.1 Å². The first-order chi connectivity index (χ1) is 12.9. The number of carbonyl (C=O) groups is 1. The predicted molar refractivity (Wildman–Crippen MR) is 107 cm³/mol. The highest BCUT2D eigenvalue weighted by atomic mass is 32.2. The second kappa shape index (κ2) is 9.34. The van der Waals surface area contributed by atoms with Gasteiger partial charge in [0.1, 0.15) is 5.75 Å². The van der Waals surface area contributed by atoms with Crippen LogP contribution in [0.4, 0.5) is 5.69 Å². The molecule has 6 nitrogen and oxygen atoms in total. The maximum Gasteiger partial charge on any atom is 0.248 e. The standard InChI is InChI=1S/C20H24N2O4S/c1-4-22(5-2)27(24,25)19-8-6-7-17(15-19)21-20(23)14-11-16-9-12-18(26-3)13-10-16/h6-15H,4-5H2,1-3H3,(H,21,23)/b14-11+. The molecule has 0 aliphatic heterocycles. The summed E-state index contributed by atoms with van der Waals surface area (Å²) in [6, 6.07) is 13.5. The number of nitrogens with zero attached hydrogens (tertiary/aromatic N) is 1. The van der Waals surface area contributed by atoms with Crippen LogP contribution in [0.1, 0.15) is 19.4 Å². The van der Waals surface area contributed by atoms with Crippen LogP contribution in [-0.2, 0) is 14.8 Å². The van der Waals surface area contributed by atoms with Gasteiger partial charge in [0, 0.05) is 24.9 Å². The SMILES string of the molecule is CCN(CC)S(=O)(=O)c1cccc(NC(=O)/C=C/c2ccc(OC)cc2)c1. The summed E-state index contributed by atoms with van der Waals surface area (Å²) >= 11 is 0. The van der Waals surface area contributed by atoms with Gasteiger partial charge in [-0.1, -0.05) is 32.0 Å². The summed E-state index contributed by atoms with van der Waals surface area (Å²) in [5, 5.41) is 2.69. The Bertz CT molecular complexity index is 902. The molecule has 7 heteroatoms. The van der Waals surface area contributed by atoms with Crippen LogP contribution in [0, 0.1) is 0 Å². The highest BCUT2D eigenvalue weighted by molar-refractivity contribution is 7.89. The third-order valence-electron chi connectivity index (χ3n) is 3.99. The summed E-state index contributed by atoms with van der Waals surface area (Å²) in [5.41, 5.74) is 1.27. The number of methoxy groups -OCH3 is 1. The quantitative estimate of drug-likeness (QED) is 0.704. The van der Waals surface area contributed by atoms with Crippen molar-refractivity contribution in [3.63, 3.8) is 0 Å². The van der Waals surface area contributed by atoms with Gasteiger partial charge in [-0.05, 0) is 42.0 Å². The second-order valence-corrected chi connectivity index (χ2v) is 7.65. The van der Waals surface area contributed by atoms with Gasteiger partial charge in [-0.25, -0.2) is 8.42 Å². The number of sulfonamides is 1. The Balaban J connectivity index is 2.11. The van der Waals surface area contributed by atoms with Crippen molar-refractivity contribution in [2.75, 3.05) is 25.5 Å². The van der Waals surface area contributed by atoms with Crippen LogP contribution in [-0.4, -0.2) is 38.8 Å². The van der Waals surface area contributed by atoms with Crippen molar-refractivity contribution in [3.05, 3.63) is 60.2 Å². The zero-order chi connectivity index (χ0) is 19.9. The lowest BCUT2D eigenvalue weighted by Crippen LogP contribution is -2.30. The fraction of sp³-hybridized carbons (Fsp3) is 0.250. The molecule has 2 aromatic carbocycles. The third kappa shape index (κ3) is 5.42. The van der Waals surface area contributed by atoms with Crippen LogP contribution in [0.2, 0.25) is 0 Å². The Hall–Kier alpha value is -2.64. The van der Waals surface area contributed by atoms with Crippen LogP contribution < -0.4 is 10.1 Å². The number of nitrogens with one attached hydrogen (secondary N) is 1. The first-order valence-corrected chi connectivity index (χ1v) is 10.1. The normalized spacial score (nSPS) is 11.7. The van der Waals surface area contributed by atoms with Crippen molar-refractivity contribution in [1.29, 1.82) is 0 Å². The number of amides is 1. The number of hydrogen-bond acceptors (Lipinski definition) is 4. The Morgan fingerprint density at radius 1 is 1.11 bits per heavy atom. The van der Waals surface area contributed by atoms with Gasteiger partial charge < -0.3 is 10.1 Å². The Kier molecular flexibility index (Phi) is 7.15. The average Bonchev–Trinajstić information content (AvgIpc) is 2.67. The molecule has 0 unspecified atom stereocenters. The first kappa shape index (κ1) is 20.7.